The molecule has 0 aliphatic heterocycles. The molecule has 17 heavy (non-hydrogen) atoms. The van der Waals surface area contributed by atoms with Crippen molar-refractivity contribution in [1.29, 1.82) is 0 Å². The maximum absolute atomic E-state index is 11.9. The lowest BCUT2D eigenvalue weighted by Gasteiger charge is -2.15. The normalized spacial score (nSPS) is 12.2. The summed E-state index contributed by atoms with van der Waals surface area (Å²) in [7, 11) is 1.56. The Morgan fingerprint density at radius 3 is 2.82 bits per heavy atom. The van der Waals surface area contributed by atoms with Crippen molar-refractivity contribution in [3.05, 3.63) is 33.3 Å². The summed E-state index contributed by atoms with van der Waals surface area (Å²) in [5, 5.41) is 3.25. The fraction of sp³-hybridized carbons (Fsp3) is 0.364. The Hall–Kier alpha value is -0.290. The molecule has 6 heteroatoms. The number of benzene rings is 1. The number of methoxy groups -OCH3 is 1. The van der Waals surface area contributed by atoms with Gasteiger partial charge in [0, 0.05) is 23.0 Å². The predicted octanol–water partition coefficient (Wildman–Crippen LogP) is 3.09. The summed E-state index contributed by atoms with van der Waals surface area (Å²) >= 11 is 14.9. The van der Waals surface area contributed by atoms with Crippen LogP contribution in [0.2, 0.25) is 5.02 Å². The molecule has 1 atom stereocenters. The highest BCUT2D eigenvalue weighted by Crippen LogP contribution is 2.23. The van der Waals surface area contributed by atoms with Crippen molar-refractivity contribution in [3.8, 4) is 0 Å². The molecule has 0 bridgehead atoms. The molecule has 1 rings (SSSR count). The van der Waals surface area contributed by atoms with Gasteiger partial charge >= 0.3 is 0 Å². The summed E-state index contributed by atoms with van der Waals surface area (Å²) in [5.41, 5.74) is 0.490. The van der Waals surface area contributed by atoms with Crippen molar-refractivity contribution < 1.29 is 9.53 Å². The van der Waals surface area contributed by atoms with E-state index in [0.717, 1.165) is 4.47 Å². The molecule has 0 aromatic heterocycles. The molecule has 0 spiro atoms. The zero-order chi connectivity index (χ0) is 12.8. The molecule has 1 unspecified atom stereocenters. The molecule has 1 amide bonds. The first-order valence-electron chi connectivity index (χ1n) is 4.89. The fourth-order valence-corrected chi connectivity index (χ4v) is 1.83. The van der Waals surface area contributed by atoms with Gasteiger partial charge in [0.2, 0.25) is 0 Å². The highest BCUT2D eigenvalue weighted by molar-refractivity contribution is 9.10. The summed E-state index contributed by atoms with van der Waals surface area (Å²) < 4.78 is 5.69. The second-order valence-electron chi connectivity index (χ2n) is 3.41. The highest BCUT2D eigenvalue weighted by atomic mass is 79.9. The van der Waals surface area contributed by atoms with Crippen LogP contribution in [0.1, 0.15) is 10.4 Å². The fourth-order valence-electron chi connectivity index (χ4n) is 1.23. The summed E-state index contributed by atoms with van der Waals surface area (Å²) in [5.74, 6) is 0.0752. The Morgan fingerprint density at radius 1 is 1.59 bits per heavy atom. The standard InChI is InChI=1S/C11H12BrCl2NO2/c1-17-6-8(5-13)15-11(16)7-2-3-9(12)10(14)4-7/h2-4,8H,5-6H2,1H3,(H,15,16). The van der Waals surface area contributed by atoms with Crippen LogP contribution in [0.25, 0.3) is 0 Å². The van der Waals surface area contributed by atoms with Crippen molar-refractivity contribution in [2.45, 2.75) is 6.04 Å². The van der Waals surface area contributed by atoms with E-state index >= 15 is 0 Å². The van der Waals surface area contributed by atoms with Gasteiger partial charge in [-0.25, -0.2) is 0 Å². The van der Waals surface area contributed by atoms with E-state index in [0.29, 0.717) is 23.1 Å². The van der Waals surface area contributed by atoms with E-state index in [2.05, 4.69) is 21.2 Å². The van der Waals surface area contributed by atoms with E-state index in [1.807, 2.05) is 0 Å². The third kappa shape index (κ3) is 4.47. The summed E-state index contributed by atoms with van der Waals surface area (Å²) in [6.07, 6.45) is 0. The molecule has 0 fully saturated rings. The van der Waals surface area contributed by atoms with Crippen LogP contribution in [0.4, 0.5) is 0 Å². The minimum Gasteiger partial charge on any atom is -0.383 e. The zero-order valence-electron chi connectivity index (χ0n) is 9.17. The second kappa shape index (κ2) is 7.21. The van der Waals surface area contributed by atoms with E-state index < -0.39 is 0 Å². The van der Waals surface area contributed by atoms with Gasteiger partial charge in [0.25, 0.3) is 5.91 Å². The molecule has 0 saturated heterocycles. The van der Waals surface area contributed by atoms with Crippen LogP contribution in [0, 0.1) is 0 Å². The molecule has 0 heterocycles. The number of halogens is 3. The SMILES string of the molecule is COCC(CCl)NC(=O)c1ccc(Br)c(Cl)c1. The third-order valence-corrected chi connectivity index (χ3v) is 3.68. The van der Waals surface area contributed by atoms with Gasteiger partial charge in [0.1, 0.15) is 0 Å². The van der Waals surface area contributed by atoms with Gasteiger partial charge < -0.3 is 10.1 Å². The molecule has 1 aromatic carbocycles. The highest BCUT2D eigenvalue weighted by Gasteiger charge is 2.13. The predicted molar refractivity (Wildman–Crippen MR) is 73.0 cm³/mol. The summed E-state index contributed by atoms with van der Waals surface area (Å²) in [4.78, 5) is 11.9. The Labute approximate surface area is 119 Å². The summed E-state index contributed by atoms with van der Waals surface area (Å²) in [6.45, 7) is 0.375. The van der Waals surface area contributed by atoms with Gasteiger partial charge in [-0.2, -0.15) is 0 Å². The Balaban J connectivity index is 2.72. The van der Waals surface area contributed by atoms with Crippen molar-refractivity contribution >= 4 is 45.0 Å². The third-order valence-electron chi connectivity index (χ3n) is 2.07. The van der Waals surface area contributed by atoms with E-state index in [-0.39, 0.29) is 11.9 Å². The van der Waals surface area contributed by atoms with Crippen LogP contribution >= 0.6 is 39.1 Å². The Kier molecular flexibility index (Phi) is 6.27. The number of rotatable bonds is 5. The lowest BCUT2D eigenvalue weighted by molar-refractivity contribution is 0.0907. The first kappa shape index (κ1) is 14.8. The van der Waals surface area contributed by atoms with Crippen LogP contribution in [0.15, 0.2) is 22.7 Å². The number of hydrogen-bond acceptors (Lipinski definition) is 2. The van der Waals surface area contributed by atoms with Gasteiger partial charge in [-0.3, -0.25) is 4.79 Å². The smallest absolute Gasteiger partial charge is 0.251 e. The van der Waals surface area contributed by atoms with Crippen LogP contribution in [0.3, 0.4) is 0 Å². The number of ether oxygens (including phenoxy) is 1. The quantitative estimate of drug-likeness (QED) is 0.836. The van der Waals surface area contributed by atoms with Gasteiger partial charge in [0.15, 0.2) is 0 Å². The number of carbonyl (C=O) groups excluding carboxylic acids is 1. The van der Waals surface area contributed by atoms with E-state index in [1.165, 1.54) is 0 Å². The average molecular weight is 341 g/mol. The van der Waals surface area contributed by atoms with E-state index in [4.69, 9.17) is 27.9 Å². The van der Waals surface area contributed by atoms with Crippen molar-refractivity contribution in [1.82, 2.24) is 5.32 Å². The van der Waals surface area contributed by atoms with Gasteiger partial charge in [-0.1, -0.05) is 11.6 Å². The number of nitrogens with one attached hydrogen (secondary N) is 1. The van der Waals surface area contributed by atoms with Crippen LogP contribution in [-0.4, -0.2) is 31.5 Å². The minimum atomic E-state index is -0.220. The average Bonchev–Trinajstić information content (AvgIpc) is 2.31. The van der Waals surface area contributed by atoms with E-state index in [9.17, 15) is 4.79 Å². The maximum Gasteiger partial charge on any atom is 0.251 e. The second-order valence-corrected chi connectivity index (χ2v) is 4.98. The first-order chi connectivity index (χ1) is 8.08. The molecule has 0 radical (unpaired) electrons. The number of alkyl halides is 1. The van der Waals surface area contributed by atoms with Gasteiger partial charge in [-0.15, -0.1) is 11.6 Å². The van der Waals surface area contributed by atoms with Gasteiger partial charge in [-0.05, 0) is 34.1 Å². The van der Waals surface area contributed by atoms with Crippen LogP contribution in [-0.2, 0) is 4.74 Å². The molecule has 94 valence electrons. The molecule has 0 saturated carbocycles. The van der Waals surface area contributed by atoms with Gasteiger partial charge in [0.05, 0.1) is 17.7 Å². The van der Waals surface area contributed by atoms with Crippen molar-refractivity contribution in [2.24, 2.45) is 0 Å². The number of amides is 1. The minimum absolute atomic E-state index is 0.211. The lowest BCUT2D eigenvalue weighted by Crippen LogP contribution is -2.39. The summed E-state index contributed by atoms with van der Waals surface area (Å²) in [6, 6.07) is 4.79. The zero-order valence-corrected chi connectivity index (χ0v) is 12.3. The number of hydrogen-bond donors (Lipinski definition) is 1. The first-order valence-corrected chi connectivity index (χ1v) is 6.59. The lowest BCUT2D eigenvalue weighted by atomic mass is 10.2. The maximum atomic E-state index is 11.9. The Morgan fingerprint density at radius 2 is 2.29 bits per heavy atom. The van der Waals surface area contributed by atoms with Crippen LogP contribution < -0.4 is 5.32 Å². The van der Waals surface area contributed by atoms with Crippen molar-refractivity contribution in [3.63, 3.8) is 0 Å². The Bertz CT molecular complexity index is 401. The molecule has 1 N–H and O–H groups in total. The largest absolute Gasteiger partial charge is 0.383 e. The number of carbonyl (C=O) groups is 1. The molecular formula is C11H12BrCl2NO2. The van der Waals surface area contributed by atoms with E-state index in [1.54, 1.807) is 25.3 Å². The molecule has 0 aliphatic carbocycles. The topological polar surface area (TPSA) is 38.3 Å². The monoisotopic (exact) mass is 339 g/mol. The molecular weight excluding hydrogens is 329 g/mol. The molecule has 3 nitrogen and oxygen atoms in total. The van der Waals surface area contributed by atoms with Crippen molar-refractivity contribution in [2.75, 3.05) is 19.6 Å². The van der Waals surface area contributed by atoms with Crippen LogP contribution in [0.5, 0.6) is 0 Å². The molecule has 1 aromatic rings. The molecule has 0 aliphatic rings.